The quantitative estimate of drug-likeness (QED) is 0.696. The topological polar surface area (TPSA) is 110 Å². The maximum Gasteiger partial charge on any atom is 0.246 e. The number of nitrogens with one attached hydrogen (secondary N) is 2. The molecule has 1 aromatic heterocycles. The highest BCUT2D eigenvalue weighted by molar-refractivity contribution is 7.89. The number of nitrogens with two attached hydrogens (primary N) is 1. The lowest BCUT2D eigenvalue weighted by molar-refractivity contribution is 0.107. The van der Waals surface area contributed by atoms with E-state index in [1.54, 1.807) is 7.11 Å². The van der Waals surface area contributed by atoms with E-state index < -0.39 is 10.0 Å². The molecule has 96 valence electrons. The van der Waals surface area contributed by atoms with Gasteiger partial charge < -0.3 is 10.5 Å². The highest BCUT2D eigenvalue weighted by atomic mass is 32.2. The highest BCUT2D eigenvalue weighted by Gasteiger charge is 2.29. The number of aromatic nitrogens is 2. The van der Waals surface area contributed by atoms with Crippen molar-refractivity contribution < 1.29 is 13.2 Å². The molecule has 2 atom stereocenters. The third kappa shape index (κ3) is 2.59. The van der Waals surface area contributed by atoms with E-state index in [9.17, 15) is 8.42 Å². The molecule has 2 rings (SSSR count). The van der Waals surface area contributed by atoms with Crippen LogP contribution in [0.3, 0.4) is 0 Å². The molecule has 0 spiro atoms. The lowest BCUT2D eigenvalue weighted by Crippen LogP contribution is -2.33. The summed E-state index contributed by atoms with van der Waals surface area (Å²) in [5, 5.41) is 6.00. The van der Waals surface area contributed by atoms with Crippen LogP contribution in [0.2, 0.25) is 0 Å². The van der Waals surface area contributed by atoms with E-state index in [4.69, 9.17) is 10.5 Å². The van der Waals surface area contributed by atoms with Gasteiger partial charge in [0.2, 0.25) is 10.0 Å². The second kappa shape index (κ2) is 4.63. The first-order chi connectivity index (χ1) is 8.03. The molecule has 7 nitrogen and oxygen atoms in total. The molecule has 1 saturated carbocycles. The van der Waals surface area contributed by atoms with Crippen molar-refractivity contribution in [1.82, 2.24) is 14.9 Å². The Labute approximate surface area is 99.8 Å². The van der Waals surface area contributed by atoms with E-state index in [1.165, 1.54) is 6.20 Å². The SMILES string of the molecule is COC1CCC(NS(=O)(=O)c2cn[nH]c2N)C1. The van der Waals surface area contributed by atoms with Gasteiger partial charge in [-0.05, 0) is 19.3 Å². The summed E-state index contributed by atoms with van der Waals surface area (Å²) in [7, 11) is -1.95. The van der Waals surface area contributed by atoms with Crippen LogP contribution < -0.4 is 10.5 Å². The zero-order valence-corrected chi connectivity index (χ0v) is 10.3. The van der Waals surface area contributed by atoms with E-state index in [0.717, 1.165) is 12.8 Å². The summed E-state index contributed by atoms with van der Waals surface area (Å²) < 4.78 is 31.8. The molecule has 1 heterocycles. The van der Waals surface area contributed by atoms with E-state index in [2.05, 4.69) is 14.9 Å². The van der Waals surface area contributed by atoms with Gasteiger partial charge in [0.1, 0.15) is 10.7 Å². The number of H-pyrrole nitrogens is 1. The van der Waals surface area contributed by atoms with Gasteiger partial charge in [-0.15, -0.1) is 0 Å². The fraction of sp³-hybridized carbons (Fsp3) is 0.667. The van der Waals surface area contributed by atoms with Gasteiger partial charge in [-0.2, -0.15) is 5.10 Å². The summed E-state index contributed by atoms with van der Waals surface area (Å²) in [6.45, 7) is 0. The molecule has 1 aliphatic carbocycles. The van der Waals surface area contributed by atoms with E-state index in [-0.39, 0.29) is 22.9 Å². The molecule has 4 N–H and O–H groups in total. The monoisotopic (exact) mass is 260 g/mol. The van der Waals surface area contributed by atoms with Gasteiger partial charge in [-0.1, -0.05) is 0 Å². The van der Waals surface area contributed by atoms with Gasteiger partial charge in [0.25, 0.3) is 0 Å². The number of anilines is 1. The first kappa shape index (κ1) is 12.3. The van der Waals surface area contributed by atoms with Crippen LogP contribution in [0.1, 0.15) is 19.3 Å². The average molecular weight is 260 g/mol. The van der Waals surface area contributed by atoms with Crippen molar-refractivity contribution in [2.75, 3.05) is 12.8 Å². The molecule has 17 heavy (non-hydrogen) atoms. The van der Waals surface area contributed by atoms with E-state index in [0.29, 0.717) is 6.42 Å². The maximum absolute atomic E-state index is 12.0. The van der Waals surface area contributed by atoms with Gasteiger partial charge in [0.15, 0.2) is 0 Å². The molecular formula is C9H16N4O3S. The fourth-order valence-corrected chi connectivity index (χ4v) is 3.35. The number of nitrogen functional groups attached to an aromatic ring is 1. The van der Waals surface area contributed by atoms with Crippen molar-refractivity contribution in [3.63, 3.8) is 0 Å². The predicted molar refractivity (Wildman–Crippen MR) is 61.8 cm³/mol. The van der Waals surface area contributed by atoms with Crippen molar-refractivity contribution in [3.05, 3.63) is 6.20 Å². The van der Waals surface area contributed by atoms with Crippen LogP contribution in [0.15, 0.2) is 11.1 Å². The Morgan fingerprint density at radius 2 is 2.35 bits per heavy atom. The van der Waals surface area contributed by atoms with Crippen LogP contribution in [0, 0.1) is 0 Å². The second-order valence-electron chi connectivity index (χ2n) is 4.14. The minimum Gasteiger partial charge on any atom is -0.383 e. The van der Waals surface area contributed by atoms with Crippen molar-refractivity contribution in [2.45, 2.75) is 36.3 Å². The smallest absolute Gasteiger partial charge is 0.246 e. The molecule has 0 saturated heterocycles. The molecule has 0 radical (unpaired) electrons. The van der Waals surface area contributed by atoms with E-state index in [1.807, 2.05) is 0 Å². The number of sulfonamides is 1. The minimum absolute atomic E-state index is 0.00151. The third-order valence-electron chi connectivity index (χ3n) is 2.96. The second-order valence-corrected chi connectivity index (χ2v) is 5.82. The van der Waals surface area contributed by atoms with Gasteiger partial charge in [-0.3, -0.25) is 5.10 Å². The number of aromatic amines is 1. The first-order valence-corrected chi connectivity index (χ1v) is 6.85. The number of ether oxygens (including phenoxy) is 1. The van der Waals surface area contributed by atoms with Crippen LogP contribution in [0.5, 0.6) is 0 Å². The Kier molecular flexibility index (Phi) is 3.36. The molecule has 0 amide bonds. The average Bonchev–Trinajstić information content (AvgIpc) is 2.86. The summed E-state index contributed by atoms with van der Waals surface area (Å²) in [5.74, 6) is 0.0544. The Hall–Kier alpha value is -1.12. The Balaban J connectivity index is 2.07. The van der Waals surface area contributed by atoms with Crippen LogP contribution in [-0.4, -0.2) is 37.9 Å². The fourth-order valence-electron chi connectivity index (χ4n) is 2.04. The Morgan fingerprint density at radius 1 is 1.59 bits per heavy atom. The molecule has 1 fully saturated rings. The summed E-state index contributed by atoms with van der Waals surface area (Å²) >= 11 is 0. The highest BCUT2D eigenvalue weighted by Crippen LogP contribution is 2.24. The van der Waals surface area contributed by atoms with Crippen LogP contribution >= 0.6 is 0 Å². The van der Waals surface area contributed by atoms with Crippen LogP contribution in [0.25, 0.3) is 0 Å². The minimum atomic E-state index is -3.59. The molecular weight excluding hydrogens is 244 g/mol. The number of rotatable bonds is 4. The van der Waals surface area contributed by atoms with Gasteiger partial charge >= 0.3 is 0 Å². The summed E-state index contributed by atoms with van der Waals surface area (Å²) in [5.41, 5.74) is 5.49. The zero-order valence-electron chi connectivity index (χ0n) is 9.51. The van der Waals surface area contributed by atoms with E-state index >= 15 is 0 Å². The Bertz CT molecular complexity index is 484. The molecule has 1 aliphatic rings. The molecule has 0 aromatic carbocycles. The summed E-state index contributed by atoms with van der Waals surface area (Å²) in [6.07, 6.45) is 3.66. The lowest BCUT2D eigenvalue weighted by atomic mass is 10.3. The predicted octanol–water partition coefficient (Wildman–Crippen LogP) is -0.162. The summed E-state index contributed by atoms with van der Waals surface area (Å²) in [6, 6.07) is -0.0979. The standard InChI is InChI=1S/C9H16N4O3S/c1-16-7-3-2-6(4-7)13-17(14,15)8-5-11-12-9(8)10/h5-7,13H,2-4H2,1H3,(H3,10,11,12). The number of hydrogen-bond acceptors (Lipinski definition) is 5. The first-order valence-electron chi connectivity index (χ1n) is 5.37. The third-order valence-corrected chi connectivity index (χ3v) is 4.51. The Morgan fingerprint density at radius 3 is 2.88 bits per heavy atom. The maximum atomic E-state index is 12.0. The van der Waals surface area contributed by atoms with Crippen molar-refractivity contribution in [2.24, 2.45) is 0 Å². The van der Waals surface area contributed by atoms with Gasteiger partial charge in [0, 0.05) is 13.2 Å². The lowest BCUT2D eigenvalue weighted by Gasteiger charge is -2.12. The van der Waals surface area contributed by atoms with Crippen LogP contribution in [0.4, 0.5) is 5.82 Å². The van der Waals surface area contributed by atoms with Crippen molar-refractivity contribution in [3.8, 4) is 0 Å². The number of methoxy groups -OCH3 is 1. The molecule has 0 bridgehead atoms. The molecule has 0 aliphatic heterocycles. The number of nitrogens with zero attached hydrogens (tertiary/aromatic N) is 1. The zero-order chi connectivity index (χ0) is 12.5. The number of hydrogen-bond donors (Lipinski definition) is 3. The largest absolute Gasteiger partial charge is 0.383 e. The molecule has 1 aromatic rings. The van der Waals surface area contributed by atoms with Crippen molar-refractivity contribution in [1.29, 1.82) is 0 Å². The molecule has 8 heteroatoms. The van der Waals surface area contributed by atoms with Crippen molar-refractivity contribution >= 4 is 15.8 Å². The summed E-state index contributed by atoms with van der Waals surface area (Å²) in [4.78, 5) is -0.00151. The van der Waals surface area contributed by atoms with Gasteiger partial charge in [0.05, 0.1) is 12.3 Å². The van der Waals surface area contributed by atoms with Crippen LogP contribution in [-0.2, 0) is 14.8 Å². The normalized spacial score (nSPS) is 25.2. The van der Waals surface area contributed by atoms with Gasteiger partial charge in [-0.25, -0.2) is 13.1 Å². The molecule has 2 unspecified atom stereocenters.